The zero-order valence-electron chi connectivity index (χ0n) is 15.6. The number of halogens is 3. The Hall–Kier alpha value is -3.62. The molecule has 0 saturated carbocycles. The number of nitrogens with one attached hydrogen (secondary N) is 3. The minimum atomic E-state index is -4.61. The minimum Gasteiger partial charge on any atom is -0.337 e. The monoisotopic (exact) mass is 398 g/mol. The van der Waals surface area contributed by atoms with E-state index < -0.39 is 12.0 Å². The SMILES string of the molecule is Cc1ccc(Nc2nc3nc(C(F)(F)F)[nH]c3nc2Nc2ccc(C)cc2)cc1. The molecule has 0 unspecified atom stereocenters. The molecule has 0 atom stereocenters. The van der Waals surface area contributed by atoms with E-state index in [4.69, 9.17) is 0 Å². The zero-order chi connectivity index (χ0) is 20.6. The smallest absolute Gasteiger partial charge is 0.337 e. The quantitative estimate of drug-likeness (QED) is 0.425. The van der Waals surface area contributed by atoms with E-state index in [1.54, 1.807) is 0 Å². The van der Waals surface area contributed by atoms with Crippen molar-refractivity contribution in [1.82, 2.24) is 19.9 Å². The van der Waals surface area contributed by atoms with E-state index in [0.717, 1.165) is 22.5 Å². The molecule has 9 heteroatoms. The van der Waals surface area contributed by atoms with Gasteiger partial charge in [-0.2, -0.15) is 13.2 Å². The lowest BCUT2D eigenvalue weighted by Gasteiger charge is -2.12. The summed E-state index contributed by atoms with van der Waals surface area (Å²) in [4.78, 5) is 14.3. The van der Waals surface area contributed by atoms with Crippen LogP contribution in [0.2, 0.25) is 0 Å². The van der Waals surface area contributed by atoms with Crippen LogP contribution in [0.5, 0.6) is 0 Å². The maximum absolute atomic E-state index is 13.0. The highest BCUT2D eigenvalue weighted by atomic mass is 19.4. The van der Waals surface area contributed by atoms with Crippen LogP contribution in [0.3, 0.4) is 0 Å². The predicted octanol–water partition coefficient (Wildman–Crippen LogP) is 5.48. The fraction of sp³-hybridized carbons (Fsp3) is 0.150. The third-order valence-electron chi connectivity index (χ3n) is 4.23. The van der Waals surface area contributed by atoms with Crippen molar-refractivity contribution in [2.24, 2.45) is 0 Å². The highest BCUT2D eigenvalue weighted by Gasteiger charge is 2.35. The molecule has 2 heterocycles. The summed E-state index contributed by atoms with van der Waals surface area (Å²) in [6.45, 7) is 3.92. The van der Waals surface area contributed by atoms with Crippen LogP contribution in [0.4, 0.5) is 36.2 Å². The van der Waals surface area contributed by atoms with Gasteiger partial charge in [0, 0.05) is 11.4 Å². The number of rotatable bonds is 4. The van der Waals surface area contributed by atoms with Crippen LogP contribution in [0.15, 0.2) is 48.5 Å². The first-order valence-corrected chi connectivity index (χ1v) is 8.80. The van der Waals surface area contributed by atoms with Crippen molar-refractivity contribution in [2.45, 2.75) is 20.0 Å². The van der Waals surface area contributed by atoms with Gasteiger partial charge < -0.3 is 15.6 Å². The number of fused-ring (bicyclic) bond motifs is 1. The van der Waals surface area contributed by atoms with E-state index in [1.165, 1.54) is 0 Å². The molecule has 29 heavy (non-hydrogen) atoms. The van der Waals surface area contributed by atoms with Gasteiger partial charge in [0.2, 0.25) is 5.82 Å². The zero-order valence-corrected chi connectivity index (χ0v) is 15.6. The molecule has 0 saturated heterocycles. The first-order valence-electron chi connectivity index (χ1n) is 8.80. The Labute approximate surface area is 164 Å². The van der Waals surface area contributed by atoms with E-state index in [0.29, 0.717) is 0 Å². The summed E-state index contributed by atoms with van der Waals surface area (Å²) in [5.74, 6) is -0.595. The number of hydrogen-bond donors (Lipinski definition) is 3. The Kier molecular flexibility index (Phi) is 4.57. The number of nitrogens with zero attached hydrogens (tertiary/aromatic N) is 3. The third-order valence-corrected chi connectivity index (χ3v) is 4.23. The maximum Gasteiger partial charge on any atom is 0.449 e. The van der Waals surface area contributed by atoms with Gasteiger partial charge in [0.05, 0.1) is 0 Å². The van der Waals surface area contributed by atoms with Crippen LogP contribution in [0.25, 0.3) is 11.3 Å². The number of imidazole rings is 1. The van der Waals surface area contributed by atoms with E-state index in [-0.39, 0.29) is 22.9 Å². The average molecular weight is 398 g/mol. The van der Waals surface area contributed by atoms with Crippen molar-refractivity contribution < 1.29 is 13.2 Å². The fourth-order valence-corrected chi connectivity index (χ4v) is 2.69. The Morgan fingerprint density at radius 2 is 1.21 bits per heavy atom. The maximum atomic E-state index is 13.0. The molecule has 0 aliphatic rings. The largest absolute Gasteiger partial charge is 0.449 e. The molecule has 0 bridgehead atoms. The van der Waals surface area contributed by atoms with Crippen LogP contribution in [-0.2, 0) is 6.18 Å². The van der Waals surface area contributed by atoms with E-state index in [2.05, 4.69) is 30.6 Å². The summed E-state index contributed by atoms with van der Waals surface area (Å²) in [5.41, 5.74) is 3.44. The van der Waals surface area contributed by atoms with E-state index in [1.807, 2.05) is 62.4 Å². The molecule has 0 spiro atoms. The summed E-state index contributed by atoms with van der Waals surface area (Å²) < 4.78 is 39.0. The van der Waals surface area contributed by atoms with Gasteiger partial charge in [-0.1, -0.05) is 35.4 Å². The second kappa shape index (κ2) is 7.08. The molecule has 2 aromatic heterocycles. The molecular formula is C20H17F3N6. The Balaban J connectivity index is 1.78. The van der Waals surface area contributed by atoms with Gasteiger partial charge >= 0.3 is 6.18 Å². The second-order valence-electron chi connectivity index (χ2n) is 6.66. The van der Waals surface area contributed by atoms with Gasteiger partial charge in [0.1, 0.15) is 0 Å². The molecule has 3 N–H and O–H groups in total. The van der Waals surface area contributed by atoms with E-state index >= 15 is 0 Å². The molecule has 0 aliphatic carbocycles. The molecule has 4 aromatic rings. The van der Waals surface area contributed by atoms with Crippen molar-refractivity contribution in [2.75, 3.05) is 10.6 Å². The molecule has 2 aromatic carbocycles. The fourth-order valence-electron chi connectivity index (χ4n) is 2.69. The average Bonchev–Trinajstić information content (AvgIpc) is 3.09. The summed E-state index contributed by atoms with van der Waals surface area (Å²) in [7, 11) is 0. The predicted molar refractivity (Wildman–Crippen MR) is 106 cm³/mol. The molecule has 0 aliphatic heterocycles. The number of aromatic nitrogens is 4. The van der Waals surface area contributed by atoms with Crippen molar-refractivity contribution in [3.8, 4) is 0 Å². The van der Waals surface area contributed by atoms with Crippen LogP contribution < -0.4 is 10.6 Å². The molecule has 4 rings (SSSR count). The molecule has 0 fully saturated rings. The lowest BCUT2D eigenvalue weighted by Crippen LogP contribution is -2.06. The van der Waals surface area contributed by atoms with Crippen LogP contribution >= 0.6 is 0 Å². The molecule has 6 nitrogen and oxygen atoms in total. The summed E-state index contributed by atoms with van der Waals surface area (Å²) >= 11 is 0. The first kappa shape index (κ1) is 18.7. The van der Waals surface area contributed by atoms with Crippen LogP contribution in [0.1, 0.15) is 17.0 Å². The first-order chi connectivity index (χ1) is 13.8. The standard InChI is InChI=1S/C20H17F3N6/c1-11-3-7-13(8-4-11)24-15-16(25-14-9-5-12(2)6-10-14)27-18-17(26-15)28-19(29-18)20(21,22)23/h3-10H,1-2H3,(H3,24,25,26,27,28,29). The van der Waals surface area contributed by atoms with E-state index in [9.17, 15) is 13.2 Å². The van der Waals surface area contributed by atoms with Crippen LogP contribution in [-0.4, -0.2) is 19.9 Å². The molecular weight excluding hydrogens is 381 g/mol. The van der Waals surface area contributed by atoms with Gasteiger partial charge in [-0.05, 0) is 38.1 Å². The number of hydrogen-bond acceptors (Lipinski definition) is 5. The number of anilines is 4. The molecule has 0 amide bonds. The topological polar surface area (TPSA) is 78.5 Å². The molecule has 0 radical (unpaired) electrons. The van der Waals surface area contributed by atoms with Gasteiger partial charge in [-0.3, -0.25) is 0 Å². The summed E-state index contributed by atoms with van der Waals surface area (Å²) in [5, 5.41) is 6.21. The number of H-pyrrole nitrogens is 1. The van der Waals surface area contributed by atoms with Crippen molar-refractivity contribution in [3.63, 3.8) is 0 Å². The summed E-state index contributed by atoms with van der Waals surface area (Å²) in [6, 6.07) is 15.1. The highest BCUT2D eigenvalue weighted by Crippen LogP contribution is 2.31. The molecule has 148 valence electrons. The highest BCUT2D eigenvalue weighted by molar-refractivity contribution is 5.79. The van der Waals surface area contributed by atoms with Gasteiger partial charge in [-0.15, -0.1) is 0 Å². The van der Waals surface area contributed by atoms with Crippen LogP contribution in [0, 0.1) is 13.8 Å². The Bertz CT molecular complexity index is 1060. The number of benzene rings is 2. The number of aromatic amines is 1. The Morgan fingerprint density at radius 1 is 0.724 bits per heavy atom. The lowest BCUT2D eigenvalue weighted by molar-refractivity contribution is -0.144. The van der Waals surface area contributed by atoms with Gasteiger partial charge in [0.15, 0.2) is 22.9 Å². The second-order valence-corrected chi connectivity index (χ2v) is 6.66. The third kappa shape index (κ3) is 4.13. The number of alkyl halides is 3. The van der Waals surface area contributed by atoms with Gasteiger partial charge in [0.25, 0.3) is 0 Å². The normalized spacial score (nSPS) is 11.6. The van der Waals surface area contributed by atoms with Crippen molar-refractivity contribution in [3.05, 3.63) is 65.5 Å². The Morgan fingerprint density at radius 3 is 1.69 bits per heavy atom. The summed E-state index contributed by atoms with van der Waals surface area (Å²) in [6.07, 6.45) is -4.61. The number of aryl methyl sites for hydroxylation is 2. The lowest BCUT2D eigenvalue weighted by atomic mass is 10.2. The van der Waals surface area contributed by atoms with Crippen molar-refractivity contribution in [1.29, 1.82) is 0 Å². The van der Waals surface area contributed by atoms with Crippen molar-refractivity contribution >= 4 is 34.3 Å². The van der Waals surface area contributed by atoms with Gasteiger partial charge in [-0.25, -0.2) is 15.0 Å². The minimum absolute atomic E-state index is 0.0543.